The maximum atomic E-state index is 12.4. The lowest BCUT2D eigenvalue weighted by Crippen LogP contribution is -2.42. The number of nitrogens with one attached hydrogen (secondary N) is 1. The molecule has 0 atom stereocenters. The van der Waals surface area contributed by atoms with E-state index in [1.165, 1.54) is 0 Å². The minimum absolute atomic E-state index is 0. The Hall–Kier alpha value is -1.27. The third-order valence-electron chi connectivity index (χ3n) is 4.49. The van der Waals surface area contributed by atoms with Gasteiger partial charge in [-0.05, 0) is 56.6 Å². The van der Waals surface area contributed by atoms with Crippen LogP contribution in [-0.4, -0.2) is 49.1 Å². The van der Waals surface area contributed by atoms with E-state index >= 15 is 0 Å². The topological polar surface area (TPSA) is 54.5 Å². The van der Waals surface area contributed by atoms with Gasteiger partial charge < -0.3 is 15.0 Å². The van der Waals surface area contributed by atoms with Crippen LogP contribution in [0.15, 0.2) is 30.5 Å². The smallest absolute Gasteiger partial charge is 0.260 e. The van der Waals surface area contributed by atoms with E-state index in [4.69, 9.17) is 16.3 Å². The third kappa shape index (κ3) is 5.36. The van der Waals surface area contributed by atoms with Gasteiger partial charge in [0.05, 0.1) is 5.02 Å². The lowest BCUT2D eigenvalue weighted by Gasteiger charge is -2.31. The monoisotopic (exact) mass is 419 g/mol. The summed E-state index contributed by atoms with van der Waals surface area (Å²) in [5.41, 5.74) is 0.686. The average Bonchev–Trinajstić information content (AvgIpc) is 2.62. The second-order valence-corrected chi connectivity index (χ2v) is 6.52. The SMILES string of the molecule is CNCC1CCN(C(=O)COc2ccc(Cl)c3cccnc23)CC1.Cl.Cl. The molecule has 0 radical (unpaired) electrons. The maximum Gasteiger partial charge on any atom is 0.260 e. The van der Waals surface area contributed by atoms with Gasteiger partial charge in [0.2, 0.25) is 0 Å². The van der Waals surface area contributed by atoms with E-state index in [-0.39, 0.29) is 37.3 Å². The molecule has 1 N–H and O–H groups in total. The highest BCUT2D eigenvalue weighted by atomic mass is 35.5. The van der Waals surface area contributed by atoms with Crippen molar-refractivity contribution in [2.75, 3.05) is 33.3 Å². The van der Waals surface area contributed by atoms with Gasteiger partial charge in [0.15, 0.2) is 6.61 Å². The summed E-state index contributed by atoms with van der Waals surface area (Å²) >= 11 is 6.18. The molecule has 0 aliphatic carbocycles. The molecule has 8 heteroatoms. The number of piperidine rings is 1. The van der Waals surface area contributed by atoms with Gasteiger partial charge in [-0.1, -0.05) is 11.6 Å². The number of likely N-dealkylation sites (tertiary alicyclic amines) is 1. The highest BCUT2D eigenvalue weighted by Crippen LogP contribution is 2.29. The molecule has 2 aromatic rings. The quantitative estimate of drug-likeness (QED) is 0.803. The highest BCUT2D eigenvalue weighted by molar-refractivity contribution is 6.35. The molecule has 1 amide bonds. The normalized spacial score (nSPS) is 14.5. The lowest BCUT2D eigenvalue weighted by molar-refractivity contribution is -0.134. The summed E-state index contributed by atoms with van der Waals surface area (Å²) in [5, 5.41) is 4.66. The molecule has 1 fully saturated rings. The van der Waals surface area contributed by atoms with Crippen LogP contribution in [0.2, 0.25) is 5.02 Å². The van der Waals surface area contributed by atoms with Crippen LogP contribution in [0.25, 0.3) is 10.9 Å². The van der Waals surface area contributed by atoms with Gasteiger partial charge in [0, 0.05) is 24.7 Å². The summed E-state index contributed by atoms with van der Waals surface area (Å²) in [5.74, 6) is 1.27. The zero-order valence-corrected chi connectivity index (χ0v) is 17.0. The fourth-order valence-corrected chi connectivity index (χ4v) is 3.35. The van der Waals surface area contributed by atoms with Crippen molar-refractivity contribution in [3.05, 3.63) is 35.5 Å². The molecule has 5 nitrogen and oxygen atoms in total. The van der Waals surface area contributed by atoms with Crippen molar-refractivity contribution in [1.29, 1.82) is 0 Å². The zero-order valence-electron chi connectivity index (χ0n) is 14.6. The molecule has 1 aromatic heterocycles. The van der Waals surface area contributed by atoms with Gasteiger partial charge in [0.1, 0.15) is 11.3 Å². The summed E-state index contributed by atoms with van der Waals surface area (Å²) in [6.45, 7) is 2.65. The van der Waals surface area contributed by atoms with Crippen LogP contribution >= 0.6 is 36.4 Å². The Kier molecular flexibility index (Phi) is 9.44. The Bertz CT molecular complexity index is 722. The van der Waals surface area contributed by atoms with Crippen molar-refractivity contribution in [3.63, 3.8) is 0 Å². The average molecular weight is 421 g/mol. The van der Waals surface area contributed by atoms with Crippen molar-refractivity contribution < 1.29 is 9.53 Å². The van der Waals surface area contributed by atoms with Crippen LogP contribution in [-0.2, 0) is 4.79 Å². The number of ether oxygens (including phenoxy) is 1. The number of pyridine rings is 1. The van der Waals surface area contributed by atoms with Crippen LogP contribution in [0.1, 0.15) is 12.8 Å². The Morgan fingerprint density at radius 2 is 2.04 bits per heavy atom. The van der Waals surface area contributed by atoms with Crippen LogP contribution in [0.5, 0.6) is 5.75 Å². The Balaban J connectivity index is 0.00000169. The van der Waals surface area contributed by atoms with E-state index in [0.717, 1.165) is 37.9 Å². The predicted molar refractivity (Wildman–Crippen MR) is 110 cm³/mol. The number of rotatable bonds is 5. The number of fused-ring (bicyclic) bond motifs is 1. The highest BCUT2D eigenvalue weighted by Gasteiger charge is 2.22. The van der Waals surface area contributed by atoms with E-state index in [1.807, 2.05) is 24.1 Å². The molecule has 0 spiro atoms. The number of carbonyl (C=O) groups is 1. The Labute approximate surface area is 171 Å². The molecule has 1 saturated heterocycles. The molecule has 1 aliphatic rings. The second kappa shape index (κ2) is 10.8. The maximum absolute atomic E-state index is 12.4. The van der Waals surface area contributed by atoms with Gasteiger partial charge in [-0.15, -0.1) is 24.8 Å². The molecule has 0 saturated carbocycles. The number of aromatic nitrogens is 1. The minimum atomic E-state index is 0. The lowest BCUT2D eigenvalue weighted by atomic mass is 9.97. The molecule has 3 rings (SSSR count). The van der Waals surface area contributed by atoms with Gasteiger partial charge in [-0.25, -0.2) is 0 Å². The zero-order chi connectivity index (χ0) is 16.9. The molecule has 144 valence electrons. The molecule has 1 aromatic carbocycles. The summed E-state index contributed by atoms with van der Waals surface area (Å²) in [7, 11) is 1.97. The van der Waals surface area contributed by atoms with Crippen LogP contribution < -0.4 is 10.1 Å². The summed E-state index contributed by atoms with van der Waals surface area (Å²) in [4.78, 5) is 18.6. The Morgan fingerprint density at radius 3 is 2.73 bits per heavy atom. The van der Waals surface area contributed by atoms with E-state index in [1.54, 1.807) is 18.3 Å². The third-order valence-corrected chi connectivity index (χ3v) is 4.82. The van der Waals surface area contributed by atoms with E-state index in [9.17, 15) is 4.79 Å². The van der Waals surface area contributed by atoms with Crippen molar-refractivity contribution in [2.24, 2.45) is 5.92 Å². The number of carbonyl (C=O) groups excluding carboxylic acids is 1. The molecule has 26 heavy (non-hydrogen) atoms. The molecule has 0 unspecified atom stereocenters. The van der Waals surface area contributed by atoms with E-state index in [0.29, 0.717) is 22.2 Å². The first kappa shape index (κ1) is 22.8. The van der Waals surface area contributed by atoms with Crippen LogP contribution in [0.3, 0.4) is 0 Å². The van der Waals surface area contributed by atoms with Crippen molar-refractivity contribution >= 4 is 53.2 Å². The van der Waals surface area contributed by atoms with Crippen LogP contribution in [0, 0.1) is 5.92 Å². The number of nitrogens with zero attached hydrogens (tertiary/aromatic N) is 2. The molecular formula is C18H24Cl3N3O2. The minimum Gasteiger partial charge on any atom is -0.481 e. The largest absolute Gasteiger partial charge is 0.481 e. The first-order valence-corrected chi connectivity index (χ1v) is 8.65. The van der Waals surface area contributed by atoms with Crippen molar-refractivity contribution in [3.8, 4) is 5.75 Å². The fraction of sp³-hybridized carbons (Fsp3) is 0.444. The van der Waals surface area contributed by atoms with Gasteiger partial charge in [-0.2, -0.15) is 0 Å². The summed E-state index contributed by atoms with van der Waals surface area (Å²) in [6.07, 6.45) is 3.77. The Morgan fingerprint density at radius 1 is 1.31 bits per heavy atom. The van der Waals surface area contributed by atoms with Crippen molar-refractivity contribution in [2.45, 2.75) is 12.8 Å². The standard InChI is InChI=1S/C18H22ClN3O2.2ClH/c1-20-11-13-6-9-22(10-7-13)17(23)12-24-16-5-4-15(19)14-3-2-8-21-18(14)16;;/h2-5,8,13,20H,6-7,9-12H2,1H3;2*1H. The number of amides is 1. The first-order chi connectivity index (χ1) is 11.7. The summed E-state index contributed by atoms with van der Waals surface area (Å²) in [6, 6.07) is 7.27. The first-order valence-electron chi connectivity index (χ1n) is 8.27. The van der Waals surface area contributed by atoms with Gasteiger partial charge >= 0.3 is 0 Å². The van der Waals surface area contributed by atoms with E-state index < -0.39 is 0 Å². The second-order valence-electron chi connectivity index (χ2n) is 6.12. The number of benzene rings is 1. The molecule has 0 bridgehead atoms. The predicted octanol–water partition coefficient (Wildman–Crippen LogP) is 3.57. The number of hydrogen-bond donors (Lipinski definition) is 1. The fourth-order valence-electron chi connectivity index (χ4n) is 3.13. The molecular weight excluding hydrogens is 397 g/mol. The molecule has 1 aliphatic heterocycles. The van der Waals surface area contributed by atoms with Crippen molar-refractivity contribution in [1.82, 2.24) is 15.2 Å². The van der Waals surface area contributed by atoms with Gasteiger partial charge in [0.25, 0.3) is 5.91 Å². The summed E-state index contributed by atoms with van der Waals surface area (Å²) < 4.78 is 5.74. The van der Waals surface area contributed by atoms with Gasteiger partial charge in [-0.3, -0.25) is 9.78 Å². The van der Waals surface area contributed by atoms with Crippen LogP contribution in [0.4, 0.5) is 0 Å². The van der Waals surface area contributed by atoms with E-state index in [2.05, 4.69) is 10.3 Å². The number of halogens is 3. The molecule has 2 heterocycles. The number of hydrogen-bond acceptors (Lipinski definition) is 4.